The summed E-state index contributed by atoms with van der Waals surface area (Å²) in [5.41, 5.74) is 0. The van der Waals surface area contributed by atoms with E-state index in [1.807, 2.05) is 0 Å². The first-order valence-corrected chi connectivity index (χ1v) is 5.38. The minimum atomic E-state index is -5.88. The Kier molecular flexibility index (Phi) is 1.82. The number of rotatable bonds is 0. The molecule has 64 valence electrons. The van der Waals surface area contributed by atoms with Crippen LogP contribution in [0.4, 0.5) is 21.1 Å². The minimum absolute atomic E-state index is 2.27. The Morgan fingerprint density at radius 1 is 0.909 bits per heavy atom. The van der Waals surface area contributed by atoms with E-state index >= 15 is 0 Å². The molecule has 7 heteroatoms. The molecule has 0 fully saturated rings. The van der Waals surface area contributed by atoms with Crippen molar-refractivity contribution in [2.24, 2.45) is 0 Å². The molecule has 0 aromatic rings. The molecule has 11 heavy (non-hydrogen) atoms. The summed E-state index contributed by atoms with van der Waals surface area (Å²) in [5, 5.41) is 0. The molecule has 1 aliphatic heterocycles. The third kappa shape index (κ3) is 0.998. The fraction of sp³-hybridized carbons (Fsp3) is 0. The van der Waals surface area contributed by atoms with Crippen LogP contribution < -0.4 is 0 Å². The second-order valence-electron chi connectivity index (χ2n) is 1.68. The van der Waals surface area contributed by atoms with Crippen molar-refractivity contribution in [3.8, 4) is 0 Å². The van der Waals surface area contributed by atoms with Gasteiger partial charge in [-0.3, -0.25) is 0 Å². The number of halogens is 5. The van der Waals surface area contributed by atoms with Crippen molar-refractivity contribution in [3.05, 3.63) is 21.1 Å². The van der Waals surface area contributed by atoms with E-state index < -0.39 is 34.7 Å². The number of hydrogen-bond acceptors (Lipinski definition) is 1. The fourth-order valence-corrected chi connectivity index (χ4v) is 2.19. The molecule has 1 rings (SSSR count). The number of hydrogen-bond donors (Lipinski definition) is 1. The van der Waals surface area contributed by atoms with E-state index in [9.17, 15) is 21.1 Å². The third-order valence-corrected chi connectivity index (χ3v) is 3.76. The Morgan fingerprint density at radius 2 is 1.18 bits per heavy atom. The summed E-state index contributed by atoms with van der Waals surface area (Å²) in [6.45, 7) is 0. The van der Waals surface area contributed by atoms with E-state index in [1.165, 1.54) is 0 Å². The van der Waals surface area contributed by atoms with E-state index in [1.54, 1.807) is 0 Å². The van der Waals surface area contributed by atoms with Crippen LogP contribution >= 0.6 is 0 Å². The van der Waals surface area contributed by atoms with Gasteiger partial charge in [-0.25, -0.2) is 0 Å². The van der Waals surface area contributed by atoms with Gasteiger partial charge in [-0.2, -0.15) is 0 Å². The van der Waals surface area contributed by atoms with E-state index in [0.29, 0.717) is 0 Å². The van der Waals surface area contributed by atoms with Crippen molar-refractivity contribution in [3.63, 3.8) is 0 Å². The molecule has 0 bridgehead atoms. The SMILES string of the molecule is O[Se]1(F)C(F)=C(F)C(F)=C1F. The summed E-state index contributed by atoms with van der Waals surface area (Å²) in [4.78, 5) is 0. The summed E-state index contributed by atoms with van der Waals surface area (Å²) in [6, 6.07) is 0. The van der Waals surface area contributed by atoms with Crippen LogP contribution in [0, 0.1) is 0 Å². The first kappa shape index (κ1) is 8.70. The van der Waals surface area contributed by atoms with Crippen LogP contribution in [-0.2, 0) is 0 Å². The van der Waals surface area contributed by atoms with E-state index in [2.05, 4.69) is 0 Å². The molecule has 0 unspecified atom stereocenters. The molecule has 0 saturated carbocycles. The quantitative estimate of drug-likeness (QED) is 0.504. The van der Waals surface area contributed by atoms with Crippen LogP contribution in [0.3, 0.4) is 0 Å². The van der Waals surface area contributed by atoms with Crippen LogP contribution in [0.5, 0.6) is 0 Å². The van der Waals surface area contributed by atoms with Crippen molar-refractivity contribution in [1.29, 1.82) is 0 Å². The normalized spacial score (nSPS) is 26.4. The number of allylic oxidation sites excluding steroid dienone is 2. The maximum atomic E-state index is 12.3. The Morgan fingerprint density at radius 3 is 1.27 bits per heavy atom. The summed E-state index contributed by atoms with van der Waals surface area (Å²) in [6.07, 6.45) is 0. The maximum absolute atomic E-state index is 12.3. The average Bonchev–Trinajstić information content (AvgIpc) is 2.06. The Balaban J connectivity index is 3.27. The van der Waals surface area contributed by atoms with Crippen molar-refractivity contribution < 1.29 is 25.3 Å². The van der Waals surface area contributed by atoms with Gasteiger partial charge in [-0.15, -0.1) is 0 Å². The van der Waals surface area contributed by atoms with Gasteiger partial charge in [0.2, 0.25) is 0 Å². The van der Waals surface area contributed by atoms with Gasteiger partial charge in [-0.1, -0.05) is 0 Å². The summed E-state index contributed by atoms with van der Waals surface area (Å²) >= 11 is -5.88. The molecule has 0 atom stereocenters. The molecular weight excluding hydrogens is 238 g/mol. The summed E-state index contributed by atoms with van der Waals surface area (Å²) < 4.78 is 63.7. The van der Waals surface area contributed by atoms with Gasteiger partial charge >= 0.3 is 60.0 Å². The van der Waals surface area contributed by atoms with Crippen LogP contribution in [0.1, 0.15) is 0 Å². The second-order valence-corrected chi connectivity index (χ2v) is 5.32. The third-order valence-electron chi connectivity index (χ3n) is 1.01. The van der Waals surface area contributed by atoms with Crippen molar-refractivity contribution in [1.82, 2.24) is 0 Å². The van der Waals surface area contributed by atoms with Crippen molar-refractivity contribution >= 4 is 13.6 Å². The molecule has 0 aromatic carbocycles. The van der Waals surface area contributed by atoms with E-state index in [4.69, 9.17) is 4.19 Å². The van der Waals surface area contributed by atoms with Crippen LogP contribution in [0.25, 0.3) is 0 Å². The van der Waals surface area contributed by atoms with E-state index in [0.717, 1.165) is 0 Å². The molecule has 1 N–H and O–H groups in total. The standard InChI is InChI=1S/C4HF5OSe/c5-1-2(6)4(8)11(9,10)3(1)7/h10H. The first-order valence-electron chi connectivity index (χ1n) is 2.25. The van der Waals surface area contributed by atoms with Gasteiger partial charge in [0, 0.05) is 0 Å². The first-order chi connectivity index (χ1) is 4.89. The Hall–Kier alpha value is -0.391. The molecule has 0 aliphatic carbocycles. The zero-order valence-electron chi connectivity index (χ0n) is 4.75. The van der Waals surface area contributed by atoms with Crippen LogP contribution in [0.2, 0.25) is 0 Å². The summed E-state index contributed by atoms with van der Waals surface area (Å²) in [7, 11) is 0. The van der Waals surface area contributed by atoms with Crippen molar-refractivity contribution in [2.45, 2.75) is 0 Å². The average molecular weight is 239 g/mol. The van der Waals surface area contributed by atoms with Gasteiger partial charge in [0.15, 0.2) is 0 Å². The summed E-state index contributed by atoms with van der Waals surface area (Å²) in [5.74, 6) is -4.54. The monoisotopic (exact) mass is 240 g/mol. The zero-order valence-corrected chi connectivity index (χ0v) is 6.46. The van der Waals surface area contributed by atoms with Gasteiger partial charge in [0.25, 0.3) is 0 Å². The Bertz CT molecular complexity index is 242. The molecule has 0 amide bonds. The molecule has 0 radical (unpaired) electrons. The molecule has 1 nitrogen and oxygen atoms in total. The molecule has 0 saturated heterocycles. The molecule has 1 aliphatic rings. The predicted octanol–water partition coefficient (Wildman–Crippen LogP) is 1.78. The fourth-order valence-electron chi connectivity index (χ4n) is 0.489. The Labute approximate surface area is 60.8 Å². The molecule has 0 aromatic heterocycles. The van der Waals surface area contributed by atoms with Crippen LogP contribution in [0.15, 0.2) is 21.1 Å². The topological polar surface area (TPSA) is 20.2 Å². The van der Waals surface area contributed by atoms with E-state index in [-0.39, 0.29) is 0 Å². The molecular formula is C4HF5OSe. The molecule has 1 heterocycles. The van der Waals surface area contributed by atoms with Gasteiger partial charge in [-0.05, 0) is 0 Å². The predicted molar refractivity (Wildman–Crippen MR) is 27.6 cm³/mol. The van der Waals surface area contributed by atoms with Gasteiger partial charge in [0.1, 0.15) is 0 Å². The van der Waals surface area contributed by atoms with Gasteiger partial charge < -0.3 is 0 Å². The zero-order chi connectivity index (χ0) is 8.81. The van der Waals surface area contributed by atoms with Crippen molar-refractivity contribution in [2.75, 3.05) is 0 Å². The van der Waals surface area contributed by atoms with Gasteiger partial charge in [0.05, 0.1) is 0 Å². The molecule has 0 spiro atoms. The van der Waals surface area contributed by atoms with Crippen LogP contribution in [-0.4, -0.2) is 17.8 Å². The second kappa shape index (κ2) is 2.30.